The lowest BCUT2D eigenvalue weighted by Crippen LogP contribution is -2.13. The topological polar surface area (TPSA) is 26.0 Å². The average Bonchev–Trinajstić information content (AvgIpc) is 2.20. The first-order valence-corrected chi connectivity index (χ1v) is 5.44. The summed E-state index contributed by atoms with van der Waals surface area (Å²) in [5, 5.41) is -0.0313. The summed E-state index contributed by atoms with van der Waals surface area (Å²) in [5.74, 6) is -0.615. The van der Waals surface area contributed by atoms with Gasteiger partial charge in [0.15, 0.2) is 0 Å². The molecule has 1 aromatic carbocycles. The maximum absolute atomic E-state index is 13.1. The molecule has 1 rings (SSSR count). The predicted octanol–water partition coefficient (Wildman–Crippen LogP) is 4.21. The predicted molar refractivity (Wildman–Crippen MR) is 58.2 cm³/mol. The van der Waals surface area contributed by atoms with Gasteiger partial charge in [0, 0.05) is 12.5 Å². The minimum Gasteiger partial charge on any atom is -0.324 e. The lowest BCUT2D eigenvalue weighted by molar-refractivity contribution is -0.135. The van der Waals surface area contributed by atoms with E-state index in [1.807, 2.05) is 0 Å². The molecule has 2 N–H and O–H groups in total. The number of halogens is 5. The van der Waals surface area contributed by atoms with Crippen LogP contribution >= 0.6 is 11.6 Å². The Morgan fingerprint density at radius 1 is 1.29 bits per heavy atom. The molecule has 0 radical (unpaired) electrons. The maximum Gasteiger partial charge on any atom is 0.389 e. The van der Waals surface area contributed by atoms with Crippen molar-refractivity contribution in [1.82, 2.24) is 0 Å². The van der Waals surface area contributed by atoms with Crippen LogP contribution in [0.2, 0.25) is 5.02 Å². The van der Waals surface area contributed by atoms with E-state index >= 15 is 0 Å². The molecule has 0 saturated carbocycles. The molecule has 0 spiro atoms. The fraction of sp³-hybridized carbons (Fsp3) is 0.455. The number of benzene rings is 1. The van der Waals surface area contributed by atoms with E-state index in [2.05, 4.69) is 0 Å². The van der Waals surface area contributed by atoms with E-state index < -0.39 is 24.5 Å². The van der Waals surface area contributed by atoms with Crippen LogP contribution < -0.4 is 5.73 Å². The second kappa shape index (κ2) is 5.69. The van der Waals surface area contributed by atoms with Gasteiger partial charge >= 0.3 is 6.18 Å². The van der Waals surface area contributed by atoms with Crippen molar-refractivity contribution >= 4 is 11.6 Å². The van der Waals surface area contributed by atoms with E-state index in [0.29, 0.717) is 5.56 Å². The second-order valence-corrected chi connectivity index (χ2v) is 4.19. The van der Waals surface area contributed by atoms with Crippen LogP contribution in [0.1, 0.15) is 30.9 Å². The first-order valence-electron chi connectivity index (χ1n) is 5.07. The van der Waals surface area contributed by atoms with Crippen molar-refractivity contribution in [1.29, 1.82) is 0 Å². The lowest BCUT2D eigenvalue weighted by atomic mass is 10.0. The molecule has 1 aromatic rings. The molecule has 0 fully saturated rings. The Balaban J connectivity index is 2.52. The summed E-state index contributed by atoms with van der Waals surface area (Å²) in [6.07, 6.45) is -4.97. The Labute approximate surface area is 102 Å². The largest absolute Gasteiger partial charge is 0.389 e. The molecule has 1 nitrogen and oxygen atoms in total. The minimum absolute atomic E-state index is 0.0313. The molecular formula is C11H12ClF4N. The van der Waals surface area contributed by atoms with Crippen LogP contribution in [0.15, 0.2) is 18.2 Å². The first-order chi connectivity index (χ1) is 7.79. The third kappa shape index (κ3) is 4.91. The number of nitrogens with two attached hydrogens (primary N) is 1. The smallest absolute Gasteiger partial charge is 0.324 e. The Kier molecular flexibility index (Phi) is 4.77. The summed E-state index contributed by atoms with van der Waals surface area (Å²) < 4.78 is 48.8. The zero-order valence-corrected chi connectivity index (χ0v) is 9.65. The average molecular weight is 270 g/mol. The molecule has 0 aromatic heterocycles. The van der Waals surface area contributed by atoms with Crippen molar-refractivity contribution in [2.24, 2.45) is 5.73 Å². The highest BCUT2D eigenvalue weighted by Gasteiger charge is 2.26. The molecule has 0 aliphatic heterocycles. The Bertz CT molecular complexity index is 378. The molecule has 0 bridgehead atoms. The van der Waals surface area contributed by atoms with Gasteiger partial charge in [0.2, 0.25) is 0 Å². The summed E-state index contributed by atoms with van der Waals surface area (Å²) in [6.45, 7) is 0. The number of hydrogen-bond acceptors (Lipinski definition) is 1. The van der Waals surface area contributed by atoms with Gasteiger partial charge in [-0.15, -0.1) is 0 Å². The highest BCUT2D eigenvalue weighted by Crippen LogP contribution is 2.26. The monoisotopic (exact) mass is 269 g/mol. The van der Waals surface area contributed by atoms with E-state index in [1.165, 1.54) is 12.1 Å². The SMILES string of the molecule is NC(CCCC(F)(F)F)c1ccc(Cl)c(F)c1. The van der Waals surface area contributed by atoms with E-state index in [1.54, 1.807) is 0 Å². The Morgan fingerprint density at radius 3 is 2.47 bits per heavy atom. The van der Waals surface area contributed by atoms with Gasteiger partial charge in [0.25, 0.3) is 0 Å². The Hall–Kier alpha value is -0.810. The number of alkyl halides is 3. The summed E-state index contributed by atoms with van der Waals surface area (Å²) in [7, 11) is 0. The molecule has 96 valence electrons. The zero-order chi connectivity index (χ0) is 13.1. The molecule has 0 heterocycles. The molecular weight excluding hydrogens is 258 g/mol. The molecule has 0 aliphatic rings. The van der Waals surface area contributed by atoms with E-state index in [4.69, 9.17) is 17.3 Å². The van der Waals surface area contributed by atoms with Gasteiger partial charge in [-0.05, 0) is 30.5 Å². The zero-order valence-electron chi connectivity index (χ0n) is 8.90. The van der Waals surface area contributed by atoms with Gasteiger partial charge < -0.3 is 5.73 Å². The van der Waals surface area contributed by atoms with Crippen molar-refractivity contribution in [2.75, 3.05) is 0 Å². The minimum atomic E-state index is -4.18. The van der Waals surface area contributed by atoms with Crippen LogP contribution in [-0.2, 0) is 0 Å². The number of rotatable bonds is 4. The summed E-state index contributed by atoms with van der Waals surface area (Å²) >= 11 is 5.48. The first kappa shape index (κ1) is 14.3. The van der Waals surface area contributed by atoms with Crippen LogP contribution in [0.3, 0.4) is 0 Å². The fourth-order valence-electron chi connectivity index (χ4n) is 1.43. The standard InChI is InChI=1S/C11H12ClF4N/c12-8-4-3-7(6-9(8)13)10(17)2-1-5-11(14,15)16/h3-4,6,10H,1-2,5,17H2. The normalized spacial score (nSPS) is 13.8. The highest BCUT2D eigenvalue weighted by atomic mass is 35.5. The highest BCUT2D eigenvalue weighted by molar-refractivity contribution is 6.30. The van der Waals surface area contributed by atoms with Gasteiger partial charge in [-0.2, -0.15) is 13.2 Å². The van der Waals surface area contributed by atoms with Crippen molar-refractivity contribution in [2.45, 2.75) is 31.5 Å². The summed E-state index contributed by atoms with van der Waals surface area (Å²) in [6, 6.07) is 3.41. The second-order valence-electron chi connectivity index (χ2n) is 3.79. The van der Waals surface area contributed by atoms with Crippen molar-refractivity contribution in [3.8, 4) is 0 Å². The quantitative estimate of drug-likeness (QED) is 0.814. The molecule has 1 unspecified atom stereocenters. The van der Waals surface area contributed by atoms with E-state index in [-0.39, 0.29) is 17.9 Å². The van der Waals surface area contributed by atoms with Gasteiger partial charge in [-0.3, -0.25) is 0 Å². The third-order valence-electron chi connectivity index (χ3n) is 2.35. The van der Waals surface area contributed by atoms with E-state index in [0.717, 1.165) is 6.07 Å². The van der Waals surface area contributed by atoms with Gasteiger partial charge in [0.1, 0.15) is 5.82 Å². The molecule has 0 saturated heterocycles. The van der Waals surface area contributed by atoms with Crippen molar-refractivity contribution < 1.29 is 17.6 Å². The van der Waals surface area contributed by atoms with Crippen LogP contribution in [-0.4, -0.2) is 6.18 Å². The third-order valence-corrected chi connectivity index (χ3v) is 2.65. The van der Waals surface area contributed by atoms with Crippen molar-refractivity contribution in [3.05, 3.63) is 34.6 Å². The van der Waals surface area contributed by atoms with Crippen LogP contribution in [0.25, 0.3) is 0 Å². The van der Waals surface area contributed by atoms with Crippen molar-refractivity contribution in [3.63, 3.8) is 0 Å². The van der Waals surface area contributed by atoms with E-state index in [9.17, 15) is 17.6 Å². The summed E-state index contributed by atoms with van der Waals surface area (Å²) in [4.78, 5) is 0. The fourth-order valence-corrected chi connectivity index (χ4v) is 1.55. The Morgan fingerprint density at radius 2 is 1.94 bits per heavy atom. The summed E-state index contributed by atoms with van der Waals surface area (Å²) in [5.41, 5.74) is 6.12. The molecule has 0 aliphatic carbocycles. The van der Waals surface area contributed by atoms with Gasteiger partial charge in [0.05, 0.1) is 5.02 Å². The molecule has 1 atom stereocenters. The van der Waals surface area contributed by atoms with Crippen LogP contribution in [0, 0.1) is 5.82 Å². The van der Waals surface area contributed by atoms with Gasteiger partial charge in [-0.1, -0.05) is 17.7 Å². The van der Waals surface area contributed by atoms with Crippen LogP contribution in [0.5, 0.6) is 0 Å². The number of hydrogen-bond donors (Lipinski definition) is 1. The molecule has 17 heavy (non-hydrogen) atoms. The lowest BCUT2D eigenvalue weighted by Gasteiger charge is -2.13. The molecule has 0 amide bonds. The maximum atomic E-state index is 13.1. The van der Waals surface area contributed by atoms with Gasteiger partial charge in [-0.25, -0.2) is 4.39 Å². The molecule has 6 heteroatoms. The van der Waals surface area contributed by atoms with Crippen LogP contribution in [0.4, 0.5) is 17.6 Å².